The van der Waals surface area contributed by atoms with E-state index in [4.69, 9.17) is 0 Å². The molecular formula is C16H24N2O3. The van der Waals surface area contributed by atoms with Crippen molar-refractivity contribution in [2.75, 3.05) is 0 Å². The molecule has 0 aromatic heterocycles. The van der Waals surface area contributed by atoms with Gasteiger partial charge in [0.1, 0.15) is 5.75 Å². The Labute approximate surface area is 125 Å². The van der Waals surface area contributed by atoms with Gasteiger partial charge in [0.2, 0.25) is 0 Å². The first-order valence-electron chi connectivity index (χ1n) is 7.56. The molecular weight excluding hydrogens is 268 g/mol. The first-order chi connectivity index (χ1) is 10.0. The molecule has 0 heterocycles. The van der Waals surface area contributed by atoms with Gasteiger partial charge >= 0.3 is 6.03 Å². The third-order valence-corrected chi connectivity index (χ3v) is 3.89. The Hall–Kier alpha value is -1.75. The molecule has 4 N–H and O–H groups in total. The van der Waals surface area contributed by atoms with Crippen molar-refractivity contribution in [2.45, 2.75) is 57.2 Å². The van der Waals surface area contributed by atoms with Gasteiger partial charge < -0.3 is 20.8 Å². The van der Waals surface area contributed by atoms with Crippen LogP contribution >= 0.6 is 0 Å². The molecule has 1 aromatic carbocycles. The lowest BCUT2D eigenvalue weighted by atomic mass is 9.93. The number of aliphatic hydroxyl groups excluding tert-OH is 1. The predicted molar refractivity (Wildman–Crippen MR) is 81.2 cm³/mol. The van der Waals surface area contributed by atoms with E-state index in [1.165, 1.54) is 0 Å². The molecule has 1 aromatic rings. The van der Waals surface area contributed by atoms with E-state index in [1.54, 1.807) is 12.1 Å². The minimum atomic E-state index is -0.209. The summed E-state index contributed by atoms with van der Waals surface area (Å²) in [6.45, 7) is 1.96. The van der Waals surface area contributed by atoms with Crippen LogP contribution in [0.5, 0.6) is 5.75 Å². The first-order valence-corrected chi connectivity index (χ1v) is 7.56. The highest BCUT2D eigenvalue weighted by Gasteiger charge is 2.21. The summed E-state index contributed by atoms with van der Waals surface area (Å²) >= 11 is 0. The quantitative estimate of drug-likeness (QED) is 0.684. The number of rotatable bonds is 4. The van der Waals surface area contributed by atoms with Crippen LogP contribution in [0.4, 0.5) is 4.79 Å². The Morgan fingerprint density at radius 2 is 1.86 bits per heavy atom. The number of amides is 2. The Morgan fingerprint density at radius 3 is 2.48 bits per heavy atom. The molecule has 5 heteroatoms. The average Bonchev–Trinajstić information content (AvgIpc) is 2.44. The summed E-state index contributed by atoms with van der Waals surface area (Å²) < 4.78 is 0. The van der Waals surface area contributed by atoms with Gasteiger partial charge in [0.25, 0.3) is 0 Å². The lowest BCUT2D eigenvalue weighted by Gasteiger charge is -2.27. The van der Waals surface area contributed by atoms with E-state index < -0.39 is 0 Å². The molecule has 1 fully saturated rings. The summed E-state index contributed by atoms with van der Waals surface area (Å²) in [7, 11) is 0. The molecule has 21 heavy (non-hydrogen) atoms. The molecule has 2 rings (SSSR count). The molecule has 1 aliphatic carbocycles. The van der Waals surface area contributed by atoms with Crippen LogP contribution in [-0.2, 0) is 6.42 Å². The summed E-state index contributed by atoms with van der Waals surface area (Å²) in [5.41, 5.74) is 1.07. The van der Waals surface area contributed by atoms with E-state index in [9.17, 15) is 15.0 Å². The summed E-state index contributed by atoms with van der Waals surface area (Å²) in [6, 6.07) is 7.04. The fraction of sp³-hybridized carbons (Fsp3) is 0.562. The first kappa shape index (κ1) is 15.6. The average molecular weight is 292 g/mol. The maximum absolute atomic E-state index is 11.9. The summed E-state index contributed by atoms with van der Waals surface area (Å²) in [5.74, 6) is 0.247. The number of carbonyl (C=O) groups excluding carboxylic acids is 1. The normalized spacial score (nSPS) is 23.3. The zero-order chi connectivity index (χ0) is 15.2. The largest absolute Gasteiger partial charge is 0.508 e. The lowest BCUT2D eigenvalue weighted by Crippen LogP contribution is -2.47. The number of benzene rings is 1. The number of urea groups is 1. The van der Waals surface area contributed by atoms with Gasteiger partial charge in [0.15, 0.2) is 0 Å². The topological polar surface area (TPSA) is 81.6 Å². The highest BCUT2D eigenvalue weighted by molar-refractivity contribution is 5.74. The van der Waals surface area contributed by atoms with Crippen molar-refractivity contribution in [2.24, 2.45) is 0 Å². The van der Waals surface area contributed by atoms with Crippen molar-refractivity contribution >= 4 is 6.03 Å². The highest BCUT2D eigenvalue weighted by Crippen LogP contribution is 2.18. The number of phenols is 1. The van der Waals surface area contributed by atoms with Crippen LogP contribution in [-0.4, -0.2) is 34.4 Å². The van der Waals surface area contributed by atoms with Crippen molar-refractivity contribution < 1.29 is 15.0 Å². The SMILES string of the molecule is CC(Cc1ccc(O)cc1)NC(=O)NC1CCC(O)CC1. The standard InChI is InChI=1S/C16H24N2O3/c1-11(10-12-2-6-14(19)7-3-12)17-16(21)18-13-4-8-15(20)9-5-13/h2-3,6-7,11,13,15,19-20H,4-5,8-10H2,1H3,(H2,17,18,21). The predicted octanol–water partition coefficient (Wildman–Crippen LogP) is 1.93. The van der Waals surface area contributed by atoms with E-state index in [1.807, 2.05) is 19.1 Å². The molecule has 0 aliphatic heterocycles. The molecule has 116 valence electrons. The Kier molecular flexibility index (Phi) is 5.44. The van der Waals surface area contributed by atoms with Gasteiger partial charge in [-0.3, -0.25) is 0 Å². The zero-order valence-corrected chi connectivity index (χ0v) is 12.4. The van der Waals surface area contributed by atoms with Crippen LogP contribution < -0.4 is 10.6 Å². The van der Waals surface area contributed by atoms with Crippen LogP contribution in [0.25, 0.3) is 0 Å². The number of aromatic hydroxyl groups is 1. The van der Waals surface area contributed by atoms with E-state index >= 15 is 0 Å². The summed E-state index contributed by atoms with van der Waals surface area (Å²) in [4.78, 5) is 11.9. The molecule has 1 aliphatic rings. The van der Waals surface area contributed by atoms with Crippen molar-refractivity contribution in [3.63, 3.8) is 0 Å². The van der Waals surface area contributed by atoms with Gasteiger partial charge in [-0.25, -0.2) is 4.79 Å². The lowest BCUT2D eigenvalue weighted by molar-refractivity contribution is 0.117. The van der Waals surface area contributed by atoms with Crippen LogP contribution in [0.1, 0.15) is 38.2 Å². The van der Waals surface area contributed by atoms with E-state index in [2.05, 4.69) is 10.6 Å². The van der Waals surface area contributed by atoms with Crippen LogP contribution in [0, 0.1) is 0 Å². The summed E-state index contributed by atoms with van der Waals surface area (Å²) in [5, 5.41) is 24.6. The fourth-order valence-corrected chi connectivity index (χ4v) is 2.71. The second-order valence-corrected chi connectivity index (χ2v) is 5.89. The van der Waals surface area contributed by atoms with Crippen molar-refractivity contribution in [3.05, 3.63) is 29.8 Å². The minimum Gasteiger partial charge on any atom is -0.508 e. The number of nitrogens with one attached hydrogen (secondary N) is 2. The highest BCUT2D eigenvalue weighted by atomic mass is 16.3. The van der Waals surface area contributed by atoms with Gasteiger partial charge in [0, 0.05) is 12.1 Å². The number of aliphatic hydroxyl groups is 1. The van der Waals surface area contributed by atoms with E-state index in [0.717, 1.165) is 37.7 Å². The smallest absolute Gasteiger partial charge is 0.315 e. The molecule has 5 nitrogen and oxygen atoms in total. The van der Waals surface area contributed by atoms with Crippen molar-refractivity contribution in [3.8, 4) is 5.75 Å². The maximum Gasteiger partial charge on any atom is 0.315 e. The van der Waals surface area contributed by atoms with Crippen molar-refractivity contribution in [1.29, 1.82) is 0 Å². The number of carbonyl (C=O) groups is 1. The van der Waals surface area contributed by atoms with Gasteiger partial charge in [-0.2, -0.15) is 0 Å². The van der Waals surface area contributed by atoms with E-state index in [0.29, 0.717) is 0 Å². The monoisotopic (exact) mass is 292 g/mol. The molecule has 1 unspecified atom stereocenters. The molecule has 0 bridgehead atoms. The summed E-state index contributed by atoms with van der Waals surface area (Å²) in [6.07, 6.45) is 3.69. The van der Waals surface area contributed by atoms with Crippen LogP contribution in [0.2, 0.25) is 0 Å². The van der Waals surface area contributed by atoms with Crippen LogP contribution in [0.15, 0.2) is 24.3 Å². The molecule has 0 radical (unpaired) electrons. The van der Waals surface area contributed by atoms with E-state index in [-0.39, 0.29) is 30.0 Å². The third kappa shape index (κ3) is 5.27. The Balaban J connectivity index is 1.73. The second kappa shape index (κ2) is 7.31. The number of hydrogen-bond donors (Lipinski definition) is 4. The molecule has 0 spiro atoms. The Morgan fingerprint density at radius 1 is 1.24 bits per heavy atom. The van der Waals surface area contributed by atoms with Gasteiger partial charge in [-0.1, -0.05) is 12.1 Å². The number of hydrogen-bond acceptors (Lipinski definition) is 3. The third-order valence-electron chi connectivity index (χ3n) is 3.89. The Bertz CT molecular complexity index is 453. The maximum atomic E-state index is 11.9. The molecule has 0 saturated heterocycles. The molecule has 1 saturated carbocycles. The minimum absolute atomic E-state index is 0.0173. The van der Waals surface area contributed by atoms with Crippen LogP contribution in [0.3, 0.4) is 0 Å². The second-order valence-electron chi connectivity index (χ2n) is 5.89. The molecule has 1 atom stereocenters. The van der Waals surface area contributed by atoms with Gasteiger partial charge in [0.05, 0.1) is 6.10 Å². The van der Waals surface area contributed by atoms with Gasteiger partial charge in [-0.05, 0) is 56.7 Å². The molecule has 2 amide bonds. The van der Waals surface area contributed by atoms with Gasteiger partial charge in [-0.15, -0.1) is 0 Å². The van der Waals surface area contributed by atoms with Crippen molar-refractivity contribution in [1.82, 2.24) is 10.6 Å². The number of phenolic OH excluding ortho intramolecular Hbond substituents is 1. The fourth-order valence-electron chi connectivity index (χ4n) is 2.71. The zero-order valence-electron chi connectivity index (χ0n) is 12.4.